The molecule has 0 aliphatic carbocycles. The smallest absolute Gasteiger partial charge is 0.406 e. The van der Waals surface area contributed by atoms with Gasteiger partial charge in [-0.3, -0.25) is 4.79 Å². The highest BCUT2D eigenvalue weighted by Crippen LogP contribution is 2.30. The molecular formula is C21H14F6N6O3. The van der Waals surface area contributed by atoms with Gasteiger partial charge in [-0.05, 0) is 36.8 Å². The summed E-state index contributed by atoms with van der Waals surface area (Å²) in [4.78, 5) is 20.2. The van der Waals surface area contributed by atoms with Crippen LogP contribution in [0.2, 0.25) is 0 Å². The van der Waals surface area contributed by atoms with E-state index in [4.69, 9.17) is 5.73 Å². The summed E-state index contributed by atoms with van der Waals surface area (Å²) in [6, 6.07) is 3.53. The summed E-state index contributed by atoms with van der Waals surface area (Å²) in [7, 11) is 0. The second-order valence-corrected chi connectivity index (χ2v) is 7.37. The third kappa shape index (κ3) is 4.72. The Morgan fingerprint density at radius 3 is 2.56 bits per heavy atom. The van der Waals surface area contributed by atoms with E-state index in [0.29, 0.717) is 29.4 Å². The Kier molecular flexibility index (Phi) is 6.17. The fourth-order valence-corrected chi connectivity index (χ4v) is 3.37. The number of benzene rings is 2. The fourth-order valence-electron chi connectivity index (χ4n) is 3.37. The molecule has 9 nitrogen and oxygen atoms in total. The minimum atomic E-state index is -5.16. The Bertz CT molecular complexity index is 1490. The number of halogens is 6. The summed E-state index contributed by atoms with van der Waals surface area (Å²) in [6.07, 6.45) is -6.24. The molecule has 0 fully saturated rings. The van der Waals surface area contributed by atoms with E-state index in [2.05, 4.69) is 19.8 Å². The Morgan fingerprint density at radius 2 is 1.86 bits per heavy atom. The van der Waals surface area contributed by atoms with Crippen LogP contribution in [0.15, 0.2) is 36.7 Å². The molecule has 188 valence electrons. The number of aliphatic hydroxyl groups is 1. The molecule has 1 atom stereocenters. The zero-order valence-corrected chi connectivity index (χ0v) is 17.9. The number of nitrogens with two attached hydrogens (primary N) is 1. The van der Waals surface area contributed by atoms with Crippen molar-refractivity contribution in [1.29, 1.82) is 0 Å². The van der Waals surface area contributed by atoms with Crippen LogP contribution in [-0.4, -0.2) is 37.1 Å². The molecule has 2 aromatic carbocycles. The van der Waals surface area contributed by atoms with Crippen LogP contribution in [0, 0.1) is 24.4 Å². The Labute approximate surface area is 197 Å². The quantitative estimate of drug-likeness (QED) is 0.348. The summed E-state index contributed by atoms with van der Waals surface area (Å²) >= 11 is 0. The number of amides is 1. The lowest BCUT2D eigenvalue weighted by Gasteiger charge is -2.15. The van der Waals surface area contributed by atoms with Crippen LogP contribution in [0.1, 0.15) is 17.4 Å². The van der Waals surface area contributed by atoms with Crippen molar-refractivity contribution in [2.75, 3.05) is 11.1 Å². The second kappa shape index (κ2) is 8.99. The molecule has 2 aromatic heterocycles. The van der Waals surface area contributed by atoms with Crippen LogP contribution in [0.3, 0.4) is 0 Å². The minimum Gasteiger partial charge on any atom is -0.406 e. The third-order valence-electron chi connectivity index (χ3n) is 4.89. The van der Waals surface area contributed by atoms with E-state index in [-0.39, 0.29) is 11.3 Å². The van der Waals surface area contributed by atoms with Crippen molar-refractivity contribution in [2.24, 2.45) is 0 Å². The van der Waals surface area contributed by atoms with Gasteiger partial charge in [-0.1, -0.05) is 0 Å². The first-order chi connectivity index (χ1) is 16.9. The number of carbonyl (C=O) groups excluding carboxylic acids is 1. The maximum Gasteiger partial charge on any atom is 0.573 e. The number of aliphatic hydroxyl groups excluding tert-OH is 1. The molecule has 0 radical (unpaired) electrons. The fraction of sp³-hybridized carbons (Fsp3) is 0.143. The van der Waals surface area contributed by atoms with Gasteiger partial charge in [0.1, 0.15) is 34.6 Å². The Morgan fingerprint density at radius 1 is 1.14 bits per heavy atom. The first-order valence-electron chi connectivity index (χ1n) is 9.85. The predicted molar refractivity (Wildman–Crippen MR) is 112 cm³/mol. The number of nitrogen functional groups attached to an aromatic ring is 1. The number of aromatic nitrogens is 4. The van der Waals surface area contributed by atoms with Gasteiger partial charge in [-0.15, -0.1) is 13.2 Å². The van der Waals surface area contributed by atoms with E-state index in [1.807, 2.05) is 5.32 Å². The van der Waals surface area contributed by atoms with E-state index in [0.717, 1.165) is 16.8 Å². The lowest BCUT2D eigenvalue weighted by molar-refractivity contribution is -0.274. The van der Waals surface area contributed by atoms with Crippen molar-refractivity contribution in [3.05, 3.63) is 65.4 Å². The number of nitrogens with one attached hydrogen (secondary N) is 1. The van der Waals surface area contributed by atoms with Gasteiger partial charge < -0.3 is 20.9 Å². The van der Waals surface area contributed by atoms with Crippen molar-refractivity contribution in [3.63, 3.8) is 0 Å². The van der Waals surface area contributed by atoms with Gasteiger partial charge in [-0.25, -0.2) is 27.8 Å². The Hall–Kier alpha value is -4.40. The third-order valence-corrected chi connectivity index (χ3v) is 4.89. The molecule has 0 aliphatic heterocycles. The highest BCUT2D eigenvalue weighted by molar-refractivity contribution is 5.95. The minimum absolute atomic E-state index is 0.0510. The van der Waals surface area contributed by atoms with Crippen molar-refractivity contribution in [1.82, 2.24) is 19.7 Å². The largest absolute Gasteiger partial charge is 0.573 e. The van der Waals surface area contributed by atoms with Crippen molar-refractivity contribution in [2.45, 2.75) is 19.4 Å². The van der Waals surface area contributed by atoms with E-state index < -0.39 is 58.5 Å². The molecule has 4 N–H and O–H groups in total. The molecule has 0 bridgehead atoms. The van der Waals surface area contributed by atoms with Gasteiger partial charge in [0.15, 0.2) is 23.6 Å². The first-order valence-corrected chi connectivity index (χ1v) is 9.85. The van der Waals surface area contributed by atoms with Gasteiger partial charge in [-0.2, -0.15) is 5.10 Å². The number of carbonyl (C=O) groups is 1. The van der Waals surface area contributed by atoms with Crippen molar-refractivity contribution >= 4 is 28.4 Å². The van der Waals surface area contributed by atoms with E-state index >= 15 is 0 Å². The van der Waals surface area contributed by atoms with Crippen molar-refractivity contribution in [3.8, 4) is 11.4 Å². The summed E-state index contributed by atoms with van der Waals surface area (Å²) in [5.41, 5.74) is 4.84. The lowest BCUT2D eigenvalue weighted by Crippen LogP contribution is -2.22. The highest BCUT2D eigenvalue weighted by Gasteiger charge is 2.32. The summed E-state index contributed by atoms with van der Waals surface area (Å²) in [5, 5.41) is 16.2. The van der Waals surface area contributed by atoms with Crippen molar-refractivity contribution < 1.29 is 41.0 Å². The van der Waals surface area contributed by atoms with E-state index in [1.54, 1.807) is 6.92 Å². The number of hydrogen-bond acceptors (Lipinski definition) is 7. The number of ether oxygens (including phenoxy) is 1. The van der Waals surface area contributed by atoms with Gasteiger partial charge in [0.05, 0.1) is 11.4 Å². The zero-order chi connectivity index (χ0) is 26.4. The van der Waals surface area contributed by atoms with Crippen LogP contribution >= 0.6 is 0 Å². The molecule has 4 aromatic rings. The summed E-state index contributed by atoms with van der Waals surface area (Å²) < 4.78 is 85.3. The highest BCUT2D eigenvalue weighted by atomic mass is 19.4. The molecule has 36 heavy (non-hydrogen) atoms. The monoisotopic (exact) mass is 512 g/mol. The molecule has 0 saturated heterocycles. The van der Waals surface area contributed by atoms with Gasteiger partial charge >= 0.3 is 6.36 Å². The average molecular weight is 512 g/mol. The molecule has 0 aliphatic rings. The molecule has 1 amide bonds. The standard InChI is InChI=1S/C21H14F6N6O3/c1-8-16-17(19(28)30-7-29-16)33(32-8)13-3-2-12(14(23)15(13)24)31-20(35)18(34)9-4-10(22)6-11(5-9)36-21(25,26)27/h2-7,18,34H,1H3,(H,31,35)(H2,28,29,30). The number of fused-ring (bicyclic) bond motifs is 1. The van der Waals surface area contributed by atoms with Gasteiger partial charge in [0.2, 0.25) is 0 Å². The second-order valence-electron chi connectivity index (χ2n) is 7.37. The van der Waals surface area contributed by atoms with Crippen LogP contribution in [0.5, 0.6) is 5.75 Å². The van der Waals surface area contributed by atoms with E-state index in [1.165, 1.54) is 6.33 Å². The zero-order valence-electron chi connectivity index (χ0n) is 17.9. The number of alkyl halides is 3. The first kappa shape index (κ1) is 24.7. The number of aryl methyl sites for hydroxylation is 1. The Balaban J connectivity index is 1.63. The van der Waals surface area contributed by atoms with Crippen LogP contribution in [-0.2, 0) is 4.79 Å². The maximum atomic E-state index is 15.0. The normalized spacial score (nSPS) is 12.6. The SMILES string of the molecule is Cc1nn(-c2ccc(NC(=O)C(O)c3cc(F)cc(OC(F)(F)F)c3)c(F)c2F)c2c(N)ncnc12. The van der Waals surface area contributed by atoms with E-state index in [9.17, 15) is 36.2 Å². The summed E-state index contributed by atoms with van der Waals surface area (Å²) in [6.45, 7) is 1.56. The number of nitrogens with zero attached hydrogens (tertiary/aromatic N) is 4. The van der Waals surface area contributed by atoms with Gasteiger partial charge in [0, 0.05) is 6.07 Å². The summed E-state index contributed by atoms with van der Waals surface area (Å²) in [5.74, 6) is -6.72. The molecule has 4 rings (SSSR count). The van der Waals surface area contributed by atoms with Crippen LogP contribution in [0.25, 0.3) is 16.7 Å². The molecule has 15 heteroatoms. The predicted octanol–water partition coefficient (Wildman–Crippen LogP) is 3.69. The van der Waals surface area contributed by atoms with Crippen LogP contribution < -0.4 is 15.8 Å². The van der Waals surface area contributed by atoms with Crippen LogP contribution in [0.4, 0.5) is 37.8 Å². The number of hydrogen-bond donors (Lipinski definition) is 3. The average Bonchev–Trinajstić information content (AvgIpc) is 3.12. The maximum absolute atomic E-state index is 15.0. The molecule has 1 unspecified atom stereocenters. The molecule has 0 saturated carbocycles. The molecular weight excluding hydrogens is 498 g/mol. The topological polar surface area (TPSA) is 128 Å². The molecule has 0 spiro atoms. The number of rotatable bonds is 5. The lowest BCUT2D eigenvalue weighted by atomic mass is 10.1. The van der Waals surface area contributed by atoms with Gasteiger partial charge in [0.25, 0.3) is 5.91 Å². The number of anilines is 2. The molecule has 2 heterocycles.